The minimum Gasteiger partial charge on any atom is -0.488 e. The van der Waals surface area contributed by atoms with Crippen LogP contribution >= 0.6 is 27.5 Å². The van der Waals surface area contributed by atoms with Crippen LogP contribution in [0.5, 0.6) is 5.75 Å². The van der Waals surface area contributed by atoms with E-state index in [1.165, 1.54) is 0 Å². The van der Waals surface area contributed by atoms with Crippen molar-refractivity contribution < 1.29 is 13.9 Å². The number of carbonyl (C=O) groups is 1. The Hall–Kier alpha value is -1.39. The maximum Gasteiger partial charge on any atom is 0.154 e. The van der Waals surface area contributed by atoms with Gasteiger partial charge in [0.05, 0.1) is 15.1 Å². The lowest BCUT2D eigenvalue weighted by Gasteiger charge is -2.11. The van der Waals surface area contributed by atoms with Gasteiger partial charge >= 0.3 is 0 Å². The fourth-order valence-corrected chi connectivity index (χ4v) is 2.19. The topological polar surface area (TPSA) is 26.3 Å². The Bertz CT molecular complexity index is 602. The van der Waals surface area contributed by atoms with Gasteiger partial charge in [0.15, 0.2) is 6.29 Å². The highest BCUT2D eigenvalue weighted by atomic mass is 79.9. The predicted octanol–water partition coefficient (Wildman–Crippen LogP) is 4.63. The largest absolute Gasteiger partial charge is 0.488 e. The summed E-state index contributed by atoms with van der Waals surface area (Å²) in [6.45, 7) is 0.245. The maximum absolute atomic E-state index is 13.5. The van der Waals surface area contributed by atoms with Gasteiger partial charge in [-0.15, -0.1) is 0 Å². The first-order valence-corrected chi connectivity index (χ1v) is 6.60. The number of halogens is 3. The molecule has 0 spiro atoms. The number of ether oxygens (including phenoxy) is 1. The van der Waals surface area contributed by atoms with Crippen LogP contribution in [0.25, 0.3) is 0 Å². The van der Waals surface area contributed by atoms with Crippen LogP contribution in [-0.4, -0.2) is 6.29 Å². The normalized spacial score (nSPS) is 10.3. The van der Waals surface area contributed by atoms with Gasteiger partial charge in [0.1, 0.15) is 18.2 Å². The Morgan fingerprint density at radius 1 is 1.32 bits per heavy atom. The fraction of sp³-hybridized carbons (Fsp3) is 0.0714. The first-order chi connectivity index (χ1) is 9.13. The molecule has 2 aromatic carbocycles. The third kappa shape index (κ3) is 3.14. The molecule has 0 aromatic heterocycles. The van der Waals surface area contributed by atoms with Gasteiger partial charge in [0, 0.05) is 6.07 Å². The van der Waals surface area contributed by atoms with Gasteiger partial charge in [-0.2, -0.15) is 0 Å². The zero-order valence-electron chi connectivity index (χ0n) is 9.70. The van der Waals surface area contributed by atoms with Crippen LogP contribution in [0.3, 0.4) is 0 Å². The quantitative estimate of drug-likeness (QED) is 0.597. The first-order valence-electron chi connectivity index (χ1n) is 5.43. The molecule has 0 atom stereocenters. The molecule has 0 radical (unpaired) electrons. The molecule has 0 heterocycles. The zero-order chi connectivity index (χ0) is 13.8. The molecule has 2 aromatic rings. The van der Waals surface area contributed by atoms with Crippen molar-refractivity contribution in [2.75, 3.05) is 0 Å². The molecule has 2 nitrogen and oxygen atoms in total. The van der Waals surface area contributed by atoms with Crippen molar-refractivity contribution in [2.45, 2.75) is 6.61 Å². The van der Waals surface area contributed by atoms with Crippen molar-refractivity contribution in [2.24, 2.45) is 0 Å². The summed E-state index contributed by atoms with van der Waals surface area (Å²) >= 11 is 8.80. The zero-order valence-corrected chi connectivity index (χ0v) is 12.0. The van der Waals surface area contributed by atoms with E-state index in [4.69, 9.17) is 16.3 Å². The van der Waals surface area contributed by atoms with Crippen LogP contribution in [0, 0.1) is 5.82 Å². The molecular weight excluding hydrogens is 335 g/mol. The second-order valence-corrected chi connectivity index (χ2v) is 4.96. The van der Waals surface area contributed by atoms with Gasteiger partial charge in [-0.05, 0) is 21.5 Å². The molecule has 98 valence electrons. The molecule has 0 aliphatic rings. The van der Waals surface area contributed by atoms with E-state index in [2.05, 4.69) is 15.9 Å². The van der Waals surface area contributed by atoms with E-state index in [1.807, 2.05) is 30.3 Å². The minimum absolute atomic E-state index is 0.130. The van der Waals surface area contributed by atoms with Gasteiger partial charge in [0.25, 0.3) is 0 Å². The van der Waals surface area contributed by atoms with Crippen molar-refractivity contribution in [3.8, 4) is 5.75 Å². The highest BCUT2D eigenvalue weighted by Crippen LogP contribution is 2.34. The standard InChI is InChI=1S/C14H9BrClFO2/c15-13-10(7-18)12(6-11(17)14(13)16)19-8-9-4-2-1-3-5-9/h1-7H,8H2. The summed E-state index contributed by atoms with van der Waals surface area (Å²) in [7, 11) is 0. The molecular formula is C14H9BrClFO2. The van der Waals surface area contributed by atoms with Gasteiger partial charge in [-0.25, -0.2) is 4.39 Å². The summed E-state index contributed by atoms with van der Waals surface area (Å²) in [5.74, 6) is -0.477. The Morgan fingerprint density at radius 3 is 2.63 bits per heavy atom. The maximum atomic E-state index is 13.5. The van der Waals surface area contributed by atoms with Gasteiger partial charge in [0.2, 0.25) is 0 Å². The van der Waals surface area contributed by atoms with Crippen LogP contribution in [0.4, 0.5) is 4.39 Å². The molecule has 0 aliphatic carbocycles. The van der Waals surface area contributed by atoms with Gasteiger partial charge in [-0.3, -0.25) is 4.79 Å². The summed E-state index contributed by atoms with van der Waals surface area (Å²) < 4.78 is 19.2. The lowest BCUT2D eigenvalue weighted by atomic mass is 10.2. The van der Waals surface area contributed by atoms with Crippen molar-refractivity contribution in [1.82, 2.24) is 0 Å². The van der Waals surface area contributed by atoms with E-state index in [1.54, 1.807) is 0 Å². The third-order valence-electron chi connectivity index (χ3n) is 2.52. The van der Waals surface area contributed by atoms with Crippen LogP contribution in [0.1, 0.15) is 15.9 Å². The number of hydrogen-bond acceptors (Lipinski definition) is 2. The lowest BCUT2D eigenvalue weighted by molar-refractivity contribution is 0.111. The van der Waals surface area contributed by atoms with E-state index < -0.39 is 5.82 Å². The molecule has 2 rings (SSSR count). The lowest BCUT2D eigenvalue weighted by Crippen LogP contribution is -2.00. The molecule has 0 N–H and O–H groups in total. The SMILES string of the molecule is O=Cc1c(OCc2ccccc2)cc(F)c(Cl)c1Br. The predicted molar refractivity (Wildman–Crippen MR) is 75.3 cm³/mol. The Labute approximate surface area is 123 Å². The molecule has 0 aliphatic heterocycles. The number of aldehydes is 1. The Balaban J connectivity index is 2.28. The molecule has 0 saturated carbocycles. The molecule has 0 amide bonds. The van der Waals surface area contributed by atoms with Crippen LogP contribution < -0.4 is 4.74 Å². The van der Waals surface area contributed by atoms with E-state index in [0.29, 0.717) is 6.29 Å². The highest BCUT2D eigenvalue weighted by molar-refractivity contribution is 9.10. The monoisotopic (exact) mass is 342 g/mol. The minimum atomic E-state index is -0.637. The third-order valence-corrected chi connectivity index (χ3v) is 3.94. The van der Waals surface area contributed by atoms with Crippen molar-refractivity contribution in [3.63, 3.8) is 0 Å². The first kappa shape index (κ1) is 14.0. The summed E-state index contributed by atoms with van der Waals surface area (Å²) in [4.78, 5) is 11.0. The molecule has 0 unspecified atom stereocenters. The average Bonchev–Trinajstić information content (AvgIpc) is 2.44. The second kappa shape index (κ2) is 6.17. The number of rotatable bonds is 4. The molecule has 5 heteroatoms. The van der Waals surface area contributed by atoms with Gasteiger partial charge < -0.3 is 4.74 Å². The second-order valence-electron chi connectivity index (χ2n) is 3.79. The summed E-state index contributed by atoms with van der Waals surface area (Å²) in [6, 6.07) is 10.5. The fourth-order valence-electron chi connectivity index (χ4n) is 1.55. The number of carbonyl (C=O) groups excluding carboxylic acids is 1. The Morgan fingerprint density at radius 2 is 2.00 bits per heavy atom. The van der Waals surface area contributed by atoms with E-state index >= 15 is 0 Å². The summed E-state index contributed by atoms with van der Waals surface area (Å²) in [6.07, 6.45) is 0.579. The van der Waals surface area contributed by atoms with Crippen LogP contribution in [0.2, 0.25) is 5.02 Å². The van der Waals surface area contributed by atoms with Crippen molar-refractivity contribution in [3.05, 3.63) is 62.8 Å². The summed E-state index contributed by atoms with van der Waals surface area (Å²) in [5.41, 5.74) is 1.12. The molecule has 0 fully saturated rings. The van der Waals surface area contributed by atoms with Crippen molar-refractivity contribution in [1.29, 1.82) is 0 Å². The molecule has 19 heavy (non-hydrogen) atoms. The van der Waals surface area contributed by atoms with Crippen molar-refractivity contribution >= 4 is 33.8 Å². The van der Waals surface area contributed by atoms with E-state index in [0.717, 1.165) is 11.6 Å². The van der Waals surface area contributed by atoms with Gasteiger partial charge in [-0.1, -0.05) is 41.9 Å². The molecule has 0 bridgehead atoms. The Kier molecular flexibility index (Phi) is 4.56. The number of hydrogen-bond donors (Lipinski definition) is 0. The smallest absolute Gasteiger partial charge is 0.154 e. The average molecular weight is 344 g/mol. The van der Waals surface area contributed by atoms with E-state index in [9.17, 15) is 9.18 Å². The number of benzene rings is 2. The van der Waals surface area contributed by atoms with E-state index in [-0.39, 0.29) is 27.4 Å². The highest BCUT2D eigenvalue weighted by Gasteiger charge is 2.16. The molecule has 0 saturated heterocycles. The van der Waals surface area contributed by atoms with Crippen LogP contribution in [-0.2, 0) is 6.61 Å². The summed E-state index contributed by atoms with van der Waals surface area (Å²) in [5, 5.41) is -0.130. The van der Waals surface area contributed by atoms with Crippen LogP contribution in [0.15, 0.2) is 40.9 Å².